The summed E-state index contributed by atoms with van der Waals surface area (Å²) in [4.78, 5) is 26.8. The van der Waals surface area contributed by atoms with Crippen molar-refractivity contribution in [3.8, 4) is 5.75 Å². The Balaban J connectivity index is 1.91. The number of nitro groups is 1. The van der Waals surface area contributed by atoms with E-state index in [1.165, 1.54) is 24.3 Å². The Labute approximate surface area is 151 Å². The van der Waals surface area contributed by atoms with Gasteiger partial charge in [0.05, 0.1) is 20.5 Å². The SMILES string of the molecule is O=C1N/C(=N\c2ccccc2Cl)S/C1=C/c1cccc([N+](=O)[O-])c1O. The number of nitro benzene ring substituents is 1. The number of nitrogens with one attached hydrogen (secondary N) is 1. The van der Waals surface area contributed by atoms with Crippen molar-refractivity contribution >= 4 is 51.9 Å². The van der Waals surface area contributed by atoms with E-state index in [0.717, 1.165) is 11.8 Å². The second-order valence-electron chi connectivity index (χ2n) is 4.91. The van der Waals surface area contributed by atoms with Crippen LogP contribution in [0.1, 0.15) is 5.56 Å². The highest BCUT2D eigenvalue weighted by molar-refractivity contribution is 8.18. The molecule has 1 fully saturated rings. The van der Waals surface area contributed by atoms with Crippen LogP contribution < -0.4 is 5.32 Å². The van der Waals surface area contributed by atoms with Crippen LogP contribution in [0.3, 0.4) is 0 Å². The minimum absolute atomic E-state index is 0.172. The number of thioether (sulfide) groups is 1. The number of amidine groups is 1. The van der Waals surface area contributed by atoms with Crippen LogP contribution in [0.4, 0.5) is 11.4 Å². The average molecular weight is 376 g/mol. The van der Waals surface area contributed by atoms with Crippen LogP contribution in [0.5, 0.6) is 5.75 Å². The van der Waals surface area contributed by atoms with Gasteiger partial charge in [-0.05, 0) is 30.0 Å². The molecule has 0 atom stereocenters. The van der Waals surface area contributed by atoms with Crippen LogP contribution in [-0.2, 0) is 4.79 Å². The van der Waals surface area contributed by atoms with E-state index in [9.17, 15) is 20.0 Å². The Hall–Kier alpha value is -2.84. The summed E-state index contributed by atoms with van der Waals surface area (Å²) in [6.45, 7) is 0. The monoisotopic (exact) mass is 375 g/mol. The van der Waals surface area contributed by atoms with E-state index in [-0.39, 0.29) is 10.5 Å². The van der Waals surface area contributed by atoms with E-state index in [0.29, 0.717) is 15.9 Å². The number of aliphatic imine (C=N–C) groups is 1. The van der Waals surface area contributed by atoms with Gasteiger partial charge in [-0.1, -0.05) is 35.9 Å². The van der Waals surface area contributed by atoms with Gasteiger partial charge in [0.2, 0.25) is 5.75 Å². The van der Waals surface area contributed by atoms with Crippen LogP contribution >= 0.6 is 23.4 Å². The predicted molar refractivity (Wildman–Crippen MR) is 97.0 cm³/mol. The summed E-state index contributed by atoms with van der Waals surface area (Å²) < 4.78 is 0. The number of carbonyl (C=O) groups is 1. The number of nitrogens with zero attached hydrogens (tertiary/aromatic N) is 2. The highest BCUT2D eigenvalue weighted by Gasteiger charge is 2.25. The van der Waals surface area contributed by atoms with Crippen molar-refractivity contribution in [3.63, 3.8) is 0 Å². The lowest BCUT2D eigenvalue weighted by Gasteiger charge is -2.00. The van der Waals surface area contributed by atoms with Crippen molar-refractivity contribution in [2.75, 3.05) is 0 Å². The molecule has 126 valence electrons. The Bertz CT molecular complexity index is 943. The summed E-state index contributed by atoms with van der Waals surface area (Å²) in [6.07, 6.45) is 1.37. The van der Waals surface area contributed by atoms with E-state index in [1.807, 2.05) is 0 Å². The fourth-order valence-electron chi connectivity index (χ4n) is 2.09. The van der Waals surface area contributed by atoms with Crippen LogP contribution in [0.2, 0.25) is 5.02 Å². The Morgan fingerprint density at radius 3 is 2.72 bits per heavy atom. The lowest BCUT2D eigenvalue weighted by atomic mass is 10.1. The summed E-state index contributed by atoms with van der Waals surface area (Å²) in [5.74, 6) is -0.911. The van der Waals surface area contributed by atoms with Crippen LogP contribution in [0.15, 0.2) is 52.4 Å². The first-order valence-corrected chi connectivity index (χ1v) is 8.15. The minimum Gasteiger partial charge on any atom is -0.502 e. The molecule has 7 nitrogen and oxygen atoms in total. The maximum absolute atomic E-state index is 12.1. The number of phenols is 1. The van der Waals surface area contributed by atoms with Crippen LogP contribution in [0.25, 0.3) is 6.08 Å². The molecule has 9 heteroatoms. The molecule has 3 rings (SSSR count). The molecule has 1 amide bonds. The molecule has 0 aliphatic carbocycles. The zero-order valence-electron chi connectivity index (χ0n) is 12.5. The smallest absolute Gasteiger partial charge is 0.311 e. The third kappa shape index (κ3) is 3.65. The van der Waals surface area contributed by atoms with Gasteiger partial charge in [-0.15, -0.1) is 0 Å². The van der Waals surface area contributed by atoms with Gasteiger partial charge < -0.3 is 10.4 Å². The molecule has 0 unspecified atom stereocenters. The molecule has 25 heavy (non-hydrogen) atoms. The third-order valence-electron chi connectivity index (χ3n) is 3.25. The molecule has 2 aromatic rings. The molecule has 0 saturated carbocycles. The first kappa shape index (κ1) is 17.0. The Morgan fingerprint density at radius 1 is 1.24 bits per heavy atom. The first-order valence-electron chi connectivity index (χ1n) is 6.96. The first-order chi connectivity index (χ1) is 12.0. The topological polar surface area (TPSA) is 105 Å². The van der Waals surface area contributed by atoms with Crippen LogP contribution in [-0.4, -0.2) is 21.1 Å². The van der Waals surface area contributed by atoms with Gasteiger partial charge in [0, 0.05) is 11.6 Å². The largest absolute Gasteiger partial charge is 0.502 e. The van der Waals surface area contributed by atoms with Crippen molar-refractivity contribution in [3.05, 3.63) is 68.1 Å². The number of benzene rings is 2. The second kappa shape index (κ2) is 6.96. The quantitative estimate of drug-likeness (QED) is 0.481. The molecule has 1 heterocycles. The van der Waals surface area contributed by atoms with Crippen molar-refractivity contribution in [1.82, 2.24) is 5.32 Å². The lowest BCUT2D eigenvalue weighted by molar-refractivity contribution is -0.385. The predicted octanol–water partition coefficient (Wildman–Crippen LogP) is 3.85. The maximum atomic E-state index is 12.1. The van der Waals surface area contributed by atoms with Crippen LogP contribution in [0, 0.1) is 10.1 Å². The standard InChI is InChI=1S/C16H10ClN3O4S/c17-10-5-1-2-6-11(10)18-16-19-15(22)13(25-16)8-9-4-3-7-12(14(9)21)20(23)24/h1-8,21H,(H,18,19,22)/b13-8+. The molecule has 1 aliphatic heterocycles. The molecule has 0 bridgehead atoms. The second-order valence-corrected chi connectivity index (χ2v) is 6.34. The van der Waals surface area contributed by atoms with Gasteiger partial charge in [0.15, 0.2) is 5.17 Å². The number of halogens is 1. The minimum atomic E-state index is -0.691. The number of hydrogen-bond donors (Lipinski definition) is 2. The molecule has 0 aromatic heterocycles. The van der Waals surface area contributed by atoms with Gasteiger partial charge in [-0.25, -0.2) is 4.99 Å². The van der Waals surface area contributed by atoms with E-state index in [2.05, 4.69) is 10.3 Å². The fraction of sp³-hybridized carbons (Fsp3) is 0. The molecule has 0 radical (unpaired) electrons. The zero-order chi connectivity index (χ0) is 18.0. The summed E-state index contributed by atoms with van der Waals surface area (Å²) in [5, 5.41) is 24.2. The van der Waals surface area contributed by atoms with Gasteiger partial charge in [-0.3, -0.25) is 14.9 Å². The number of amides is 1. The molecule has 2 aromatic carbocycles. The number of rotatable bonds is 3. The van der Waals surface area contributed by atoms with Gasteiger partial charge >= 0.3 is 5.69 Å². The number of carbonyl (C=O) groups excluding carboxylic acids is 1. The zero-order valence-corrected chi connectivity index (χ0v) is 14.0. The highest BCUT2D eigenvalue weighted by atomic mass is 35.5. The van der Waals surface area contributed by atoms with Gasteiger partial charge in [0.25, 0.3) is 5.91 Å². The Kier molecular flexibility index (Phi) is 4.73. The van der Waals surface area contributed by atoms with Crippen molar-refractivity contribution in [2.24, 2.45) is 4.99 Å². The van der Waals surface area contributed by atoms with Gasteiger partial charge in [-0.2, -0.15) is 0 Å². The molecule has 1 saturated heterocycles. The van der Waals surface area contributed by atoms with E-state index in [4.69, 9.17) is 11.6 Å². The average Bonchev–Trinajstić information content (AvgIpc) is 2.91. The number of hydrogen-bond acceptors (Lipinski definition) is 6. The number of para-hydroxylation sites is 2. The molecule has 0 spiro atoms. The molecular formula is C16H10ClN3O4S. The summed E-state index contributed by atoms with van der Waals surface area (Å²) >= 11 is 7.08. The number of aromatic hydroxyl groups is 1. The van der Waals surface area contributed by atoms with Crippen molar-refractivity contribution in [2.45, 2.75) is 0 Å². The third-order valence-corrected chi connectivity index (χ3v) is 4.48. The molecule has 1 aliphatic rings. The van der Waals surface area contributed by atoms with Gasteiger partial charge in [0.1, 0.15) is 0 Å². The normalized spacial score (nSPS) is 17.1. The fourth-order valence-corrected chi connectivity index (χ4v) is 3.09. The Morgan fingerprint density at radius 2 is 2.00 bits per heavy atom. The van der Waals surface area contributed by atoms with Crippen molar-refractivity contribution < 1.29 is 14.8 Å². The van der Waals surface area contributed by atoms with Crippen molar-refractivity contribution in [1.29, 1.82) is 0 Å². The molecule has 2 N–H and O–H groups in total. The van der Waals surface area contributed by atoms with E-state index < -0.39 is 22.3 Å². The maximum Gasteiger partial charge on any atom is 0.311 e. The summed E-state index contributed by atoms with van der Waals surface area (Å²) in [7, 11) is 0. The summed E-state index contributed by atoms with van der Waals surface area (Å²) in [6, 6.07) is 11.0. The number of phenolic OH excluding ortho intramolecular Hbond substituents is 1. The van der Waals surface area contributed by atoms with E-state index in [1.54, 1.807) is 24.3 Å². The lowest BCUT2D eigenvalue weighted by Crippen LogP contribution is -2.19. The van der Waals surface area contributed by atoms with E-state index >= 15 is 0 Å². The highest BCUT2D eigenvalue weighted by Crippen LogP contribution is 2.35. The molecular weight excluding hydrogens is 366 g/mol. The summed E-state index contributed by atoms with van der Waals surface area (Å²) in [5.41, 5.74) is 0.250.